The Morgan fingerprint density at radius 3 is 2.77 bits per heavy atom. The van der Waals surface area contributed by atoms with E-state index in [1.807, 2.05) is 0 Å². The van der Waals surface area contributed by atoms with Crippen LogP contribution in [0.3, 0.4) is 0 Å². The molecule has 4 atom stereocenters. The molecule has 31 heavy (non-hydrogen) atoms. The maximum atomic E-state index is 12.3. The van der Waals surface area contributed by atoms with Crippen LogP contribution in [0, 0.1) is 13.5 Å². The van der Waals surface area contributed by atoms with Crippen molar-refractivity contribution in [3.05, 3.63) is 44.0 Å². The lowest BCUT2D eigenvalue weighted by atomic mass is 10.2. The zero-order chi connectivity index (χ0) is 25.1. The largest absolute Gasteiger partial charge is 0.351 e. The molecule has 0 radical (unpaired) electrons. The molecule has 1 aliphatic heterocycles. The first-order chi connectivity index (χ1) is 15.7. The maximum Gasteiger partial charge on any atom is 0.330 e. The van der Waals surface area contributed by atoms with Crippen LogP contribution in [-0.2, 0) is 13.8 Å². The number of hydrogen-bond acceptors (Lipinski definition) is 7. The van der Waals surface area contributed by atoms with Crippen molar-refractivity contribution in [3.63, 3.8) is 0 Å². The number of aryl methyl sites for hydroxylation is 1. The second-order valence-electron chi connectivity index (χ2n) is 7.67. The SMILES string of the molecule is [2H]SC[C@H]1O[C@@H](n2cc(C)c(=O)[nH]c2=O)C[C@@H]1OP(OCC[N+]#[C-])N(C(C)C)C(C)C.[3H]C. The fraction of sp³-hybridized carbons (Fsp3) is 0.750. The Balaban J connectivity index is 0.00000265. The molecule has 0 aromatic carbocycles. The van der Waals surface area contributed by atoms with Gasteiger partial charge in [0.1, 0.15) is 14.0 Å². The van der Waals surface area contributed by atoms with Crippen molar-refractivity contribution in [3.8, 4) is 0 Å². The Morgan fingerprint density at radius 1 is 1.52 bits per heavy atom. The number of nitrogens with zero attached hydrogens (tertiary/aromatic N) is 3. The Hall–Kier alpha value is -1.21. The van der Waals surface area contributed by atoms with Crippen molar-refractivity contribution in [2.24, 2.45) is 0 Å². The fourth-order valence-corrected chi connectivity index (χ4v) is 5.38. The van der Waals surface area contributed by atoms with Crippen LogP contribution in [0.5, 0.6) is 0 Å². The summed E-state index contributed by atoms with van der Waals surface area (Å²) in [6.45, 7) is 17.4. The molecule has 2 rings (SSSR count). The van der Waals surface area contributed by atoms with E-state index in [1.165, 1.54) is 18.2 Å². The third kappa shape index (κ3) is 7.14. The minimum Gasteiger partial charge on any atom is -0.351 e. The summed E-state index contributed by atoms with van der Waals surface area (Å²) >= 11 is 0.892. The molecular formula is C20H35N4O5PS. The Kier molecular flexibility index (Phi) is 10.0. The number of hydrogen-bond donors (Lipinski definition) is 2. The zero-order valence-electron chi connectivity index (χ0n) is 21.0. The number of aromatic amines is 1. The summed E-state index contributed by atoms with van der Waals surface area (Å²) in [4.78, 5) is 29.7. The molecule has 1 unspecified atom stereocenters. The van der Waals surface area contributed by atoms with E-state index in [0.717, 1.165) is 12.5 Å². The van der Waals surface area contributed by atoms with Gasteiger partial charge in [-0.25, -0.2) is 16.0 Å². The van der Waals surface area contributed by atoms with Crippen molar-refractivity contribution in [2.75, 3.05) is 18.9 Å². The summed E-state index contributed by atoms with van der Waals surface area (Å²) in [5.74, 6) is 0.368. The smallest absolute Gasteiger partial charge is 0.330 e. The first-order valence-electron chi connectivity index (χ1n) is 11.4. The summed E-state index contributed by atoms with van der Waals surface area (Å²) in [7, 11) is -0.226. The highest BCUT2D eigenvalue weighted by Gasteiger charge is 2.40. The van der Waals surface area contributed by atoms with E-state index in [4.69, 9.17) is 22.9 Å². The number of ether oxygens (including phenoxy) is 1. The highest BCUT2D eigenvalue weighted by atomic mass is 32.1. The van der Waals surface area contributed by atoms with Crippen LogP contribution in [-0.4, -0.2) is 58.5 Å². The van der Waals surface area contributed by atoms with Gasteiger partial charge in [-0.3, -0.25) is 14.3 Å². The molecule has 0 amide bonds. The van der Waals surface area contributed by atoms with Gasteiger partial charge >= 0.3 is 5.69 Å². The van der Waals surface area contributed by atoms with Gasteiger partial charge in [-0.2, -0.15) is 12.5 Å². The molecule has 1 saturated heterocycles. The topological polar surface area (TPSA) is 90.2 Å². The Bertz CT molecular complexity index is 871. The van der Waals surface area contributed by atoms with E-state index in [-0.39, 0.29) is 25.2 Å². The summed E-state index contributed by atoms with van der Waals surface area (Å²) in [6.07, 6.45) is 0.439. The number of rotatable bonds is 11. The predicted molar refractivity (Wildman–Crippen MR) is 126 cm³/mol. The lowest BCUT2D eigenvalue weighted by Crippen LogP contribution is -2.36. The van der Waals surface area contributed by atoms with Crippen LogP contribution < -0.4 is 11.2 Å². The van der Waals surface area contributed by atoms with Gasteiger partial charge in [0.25, 0.3) is 14.1 Å². The average Bonchev–Trinajstić information content (AvgIpc) is 3.14. The van der Waals surface area contributed by atoms with E-state index < -0.39 is 38.2 Å². The van der Waals surface area contributed by atoms with Crippen molar-refractivity contribution < 1.29 is 15.2 Å². The van der Waals surface area contributed by atoms with Crippen LogP contribution >= 0.6 is 21.1 Å². The number of nitrogens with one attached hydrogen (secondary N) is 1. The Morgan fingerprint density at radius 2 is 2.19 bits per heavy atom. The summed E-state index contributed by atoms with van der Waals surface area (Å²) in [5.41, 5.74) is -0.555. The summed E-state index contributed by atoms with van der Waals surface area (Å²) in [6, 6.07) is 0.316. The van der Waals surface area contributed by atoms with Gasteiger partial charge in [-0.1, -0.05) is 7.40 Å². The van der Waals surface area contributed by atoms with E-state index in [0.29, 0.717) is 17.7 Å². The van der Waals surface area contributed by atoms with Crippen LogP contribution in [0.25, 0.3) is 4.85 Å². The van der Waals surface area contributed by atoms with Crippen molar-refractivity contribution in [2.45, 2.75) is 79.0 Å². The molecule has 0 bridgehead atoms. The van der Waals surface area contributed by atoms with Gasteiger partial charge in [-0.15, -0.1) is 0 Å². The molecule has 1 aromatic heterocycles. The molecule has 176 valence electrons. The standard InChI is InChI=1S/C19H31N4O5PS.CH4/c1-12(2)23(13(3)4)29(26-8-7-20-6)28-15-9-17(27-16(15)11-30)22-10-14(5)18(24)21-19(22)25;/h10,12-13,15-17,30H,7-9,11H2,1-5H3,(H,21,24,25);1H4/t15-,16+,17+,29?;/m0./s1/i;1T/hD. The Labute approximate surface area is 193 Å². The van der Waals surface area contributed by atoms with Gasteiger partial charge in [0, 0.05) is 37.4 Å². The predicted octanol–water partition coefficient (Wildman–Crippen LogP) is 3.37. The van der Waals surface area contributed by atoms with E-state index in [2.05, 4.69) is 42.2 Å². The van der Waals surface area contributed by atoms with Crippen LogP contribution in [0.2, 0.25) is 0 Å². The monoisotopic (exact) mass is 477 g/mol. The second-order valence-corrected chi connectivity index (χ2v) is 9.41. The molecule has 0 aliphatic carbocycles. The van der Waals surface area contributed by atoms with Crippen molar-refractivity contribution in [1.82, 2.24) is 14.2 Å². The molecule has 0 spiro atoms. The minimum atomic E-state index is -1.48. The number of aromatic nitrogens is 2. The van der Waals surface area contributed by atoms with Crippen LogP contribution in [0.15, 0.2) is 15.8 Å². The van der Waals surface area contributed by atoms with E-state index in [1.54, 1.807) is 6.92 Å². The number of thiol groups is 1. The number of H-pyrrole nitrogens is 1. The first kappa shape index (κ1) is 24.4. The minimum absolute atomic E-state index is 0.158. The van der Waals surface area contributed by atoms with Crippen molar-refractivity contribution >= 4 is 21.1 Å². The molecule has 2 heterocycles. The molecule has 1 aliphatic rings. The van der Waals surface area contributed by atoms with E-state index in [9.17, 15) is 9.59 Å². The molecule has 9 nitrogen and oxygen atoms in total. The fourth-order valence-electron chi connectivity index (χ4n) is 3.34. The first-order valence-corrected chi connectivity index (χ1v) is 11.7. The van der Waals surface area contributed by atoms with Gasteiger partial charge in [-0.05, 0) is 34.6 Å². The molecular weight excluding hydrogens is 439 g/mol. The maximum absolute atomic E-state index is 12.3. The van der Waals surface area contributed by atoms with Gasteiger partial charge in [0.2, 0.25) is 6.54 Å². The lowest BCUT2D eigenvalue weighted by molar-refractivity contribution is -0.00614. The van der Waals surface area contributed by atoms with Gasteiger partial charge in [0.05, 0.1) is 12.2 Å². The normalized spacial score (nSPS) is 22.6. The molecule has 1 fully saturated rings. The summed E-state index contributed by atoms with van der Waals surface area (Å²) < 4.78 is 35.3. The van der Waals surface area contributed by atoms with Gasteiger partial charge in [0.15, 0.2) is 0 Å². The van der Waals surface area contributed by atoms with Crippen molar-refractivity contribution in [1.29, 1.82) is 1.12 Å². The van der Waals surface area contributed by atoms with Crippen LogP contribution in [0.1, 0.15) is 54.7 Å². The van der Waals surface area contributed by atoms with Crippen LogP contribution in [0.4, 0.5) is 0 Å². The quantitative estimate of drug-likeness (QED) is 0.220. The lowest BCUT2D eigenvalue weighted by Gasteiger charge is -2.37. The third-order valence-electron chi connectivity index (χ3n) is 4.68. The summed E-state index contributed by atoms with van der Waals surface area (Å²) in [5, 5.41) is 0. The highest BCUT2D eigenvalue weighted by molar-refractivity contribution is 7.80. The molecule has 11 heteroatoms. The molecule has 1 N–H and O–H groups in total. The molecule has 0 saturated carbocycles. The van der Waals surface area contributed by atoms with Gasteiger partial charge < -0.3 is 18.6 Å². The highest BCUT2D eigenvalue weighted by Crippen LogP contribution is 2.49. The zero-order valence-corrected chi connectivity index (χ0v) is 20.7. The molecule has 1 aromatic rings. The third-order valence-corrected chi connectivity index (χ3v) is 7.16. The average molecular weight is 478 g/mol. The second kappa shape index (κ2) is 12.7. The van der Waals surface area contributed by atoms with E-state index >= 15 is 0 Å².